The molecule has 20 heavy (non-hydrogen) atoms. The van der Waals surface area contributed by atoms with Crippen LogP contribution < -0.4 is 5.32 Å². The highest BCUT2D eigenvalue weighted by Crippen LogP contribution is 2.15. The Morgan fingerprint density at radius 3 is 2.00 bits per heavy atom. The summed E-state index contributed by atoms with van der Waals surface area (Å²) in [6, 6.07) is 19.5. The van der Waals surface area contributed by atoms with E-state index in [0.717, 1.165) is 18.9 Å². The molecule has 0 aliphatic rings. The molecule has 1 heteroatoms. The van der Waals surface area contributed by atoms with E-state index in [9.17, 15) is 0 Å². The molecule has 2 aromatic carbocycles. The molecule has 0 aromatic heterocycles. The SMILES string of the molecule is CCC(CC)CNc1ccc(Cc2ccccc2)cc1. The molecule has 0 saturated carbocycles. The number of rotatable bonds is 7. The summed E-state index contributed by atoms with van der Waals surface area (Å²) in [6.07, 6.45) is 3.50. The molecule has 0 amide bonds. The van der Waals surface area contributed by atoms with Crippen molar-refractivity contribution in [2.75, 3.05) is 11.9 Å². The first-order valence-corrected chi connectivity index (χ1v) is 7.68. The van der Waals surface area contributed by atoms with Crippen LogP contribution in [0.2, 0.25) is 0 Å². The molecular formula is C19H25N. The molecule has 2 aromatic rings. The molecule has 0 saturated heterocycles. The lowest BCUT2D eigenvalue weighted by molar-refractivity contribution is 0.519. The summed E-state index contributed by atoms with van der Waals surface area (Å²) >= 11 is 0. The minimum absolute atomic E-state index is 0.777. The van der Waals surface area contributed by atoms with Crippen LogP contribution in [0.15, 0.2) is 54.6 Å². The lowest BCUT2D eigenvalue weighted by atomic mass is 10.0. The van der Waals surface area contributed by atoms with Gasteiger partial charge in [-0.25, -0.2) is 0 Å². The molecular weight excluding hydrogens is 242 g/mol. The average Bonchev–Trinajstić information content (AvgIpc) is 2.51. The van der Waals surface area contributed by atoms with E-state index in [4.69, 9.17) is 0 Å². The van der Waals surface area contributed by atoms with Gasteiger partial charge in [0.1, 0.15) is 0 Å². The van der Waals surface area contributed by atoms with E-state index in [1.807, 2.05) is 0 Å². The first-order valence-electron chi connectivity index (χ1n) is 7.68. The Labute approximate surface area is 123 Å². The lowest BCUT2D eigenvalue weighted by Crippen LogP contribution is -2.12. The van der Waals surface area contributed by atoms with Gasteiger partial charge in [0, 0.05) is 12.2 Å². The molecule has 1 N–H and O–H groups in total. The van der Waals surface area contributed by atoms with Crippen molar-refractivity contribution in [2.45, 2.75) is 33.1 Å². The fourth-order valence-corrected chi connectivity index (χ4v) is 2.41. The van der Waals surface area contributed by atoms with Crippen molar-refractivity contribution >= 4 is 5.69 Å². The minimum atomic E-state index is 0.777. The molecule has 106 valence electrons. The van der Waals surface area contributed by atoms with Gasteiger partial charge in [0.2, 0.25) is 0 Å². The summed E-state index contributed by atoms with van der Waals surface area (Å²) < 4.78 is 0. The van der Waals surface area contributed by atoms with Crippen molar-refractivity contribution < 1.29 is 0 Å². The predicted octanol–water partition coefficient (Wildman–Crippen LogP) is 5.13. The van der Waals surface area contributed by atoms with Crippen molar-refractivity contribution in [2.24, 2.45) is 5.92 Å². The van der Waals surface area contributed by atoms with Crippen LogP contribution in [-0.4, -0.2) is 6.54 Å². The summed E-state index contributed by atoms with van der Waals surface area (Å²) in [4.78, 5) is 0. The van der Waals surface area contributed by atoms with Crippen LogP contribution in [0.5, 0.6) is 0 Å². The largest absolute Gasteiger partial charge is 0.385 e. The highest BCUT2D eigenvalue weighted by atomic mass is 14.9. The van der Waals surface area contributed by atoms with Crippen LogP contribution in [0.4, 0.5) is 5.69 Å². The summed E-state index contributed by atoms with van der Waals surface area (Å²) in [5.41, 5.74) is 3.96. The van der Waals surface area contributed by atoms with E-state index in [-0.39, 0.29) is 0 Å². The second-order valence-electron chi connectivity index (χ2n) is 5.42. The molecule has 0 aliphatic carbocycles. The zero-order valence-corrected chi connectivity index (χ0v) is 12.6. The maximum Gasteiger partial charge on any atom is 0.0340 e. The van der Waals surface area contributed by atoms with Gasteiger partial charge in [-0.15, -0.1) is 0 Å². The topological polar surface area (TPSA) is 12.0 Å². The normalized spacial score (nSPS) is 10.8. The van der Waals surface area contributed by atoms with Crippen LogP contribution >= 0.6 is 0 Å². The standard InChI is InChI=1S/C19H25N/c1-3-16(4-2)15-20-19-12-10-18(11-13-19)14-17-8-6-5-7-9-17/h5-13,16,20H,3-4,14-15H2,1-2H3. The van der Waals surface area contributed by atoms with Crippen LogP contribution in [0.1, 0.15) is 37.8 Å². The molecule has 2 rings (SSSR count). The van der Waals surface area contributed by atoms with Crippen LogP contribution in [-0.2, 0) is 6.42 Å². The third kappa shape index (κ3) is 4.41. The van der Waals surface area contributed by atoms with E-state index >= 15 is 0 Å². The molecule has 1 nitrogen and oxygen atoms in total. The fourth-order valence-electron chi connectivity index (χ4n) is 2.41. The third-order valence-electron chi connectivity index (χ3n) is 3.95. The summed E-state index contributed by atoms with van der Waals surface area (Å²) in [6.45, 7) is 5.60. The molecule has 0 aliphatic heterocycles. The van der Waals surface area contributed by atoms with Crippen molar-refractivity contribution in [1.29, 1.82) is 0 Å². The van der Waals surface area contributed by atoms with Gasteiger partial charge < -0.3 is 5.32 Å². The smallest absolute Gasteiger partial charge is 0.0340 e. The van der Waals surface area contributed by atoms with E-state index < -0.39 is 0 Å². The first kappa shape index (κ1) is 14.6. The summed E-state index contributed by atoms with van der Waals surface area (Å²) in [5.74, 6) is 0.777. The monoisotopic (exact) mass is 267 g/mol. The van der Waals surface area contributed by atoms with E-state index in [1.54, 1.807) is 0 Å². The Morgan fingerprint density at radius 1 is 0.800 bits per heavy atom. The molecule has 0 unspecified atom stereocenters. The molecule has 0 spiro atoms. The van der Waals surface area contributed by atoms with E-state index in [1.165, 1.54) is 29.7 Å². The molecule has 0 bridgehead atoms. The first-order chi connectivity index (χ1) is 9.81. The summed E-state index contributed by atoms with van der Waals surface area (Å²) in [7, 11) is 0. The molecule has 0 fully saturated rings. The fraction of sp³-hybridized carbons (Fsp3) is 0.368. The Hall–Kier alpha value is -1.76. The lowest BCUT2D eigenvalue weighted by Gasteiger charge is -2.14. The quantitative estimate of drug-likeness (QED) is 0.733. The maximum atomic E-state index is 3.54. The molecule has 0 atom stereocenters. The van der Waals surface area contributed by atoms with Gasteiger partial charge in [-0.3, -0.25) is 0 Å². The zero-order chi connectivity index (χ0) is 14.2. The Morgan fingerprint density at radius 2 is 1.40 bits per heavy atom. The average molecular weight is 267 g/mol. The van der Waals surface area contributed by atoms with Crippen molar-refractivity contribution in [3.05, 3.63) is 65.7 Å². The van der Waals surface area contributed by atoms with Crippen molar-refractivity contribution in [3.63, 3.8) is 0 Å². The maximum absolute atomic E-state index is 3.54. The Balaban J connectivity index is 1.90. The van der Waals surface area contributed by atoms with Crippen LogP contribution in [0.3, 0.4) is 0 Å². The van der Waals surface area contributed by atoms with Gasteiger partial charge in [-0.2, -0.15) is 0 Å². The van der Waals surface area contributed by atoms with Gasteiger partial charge in [0.15, 0.2) is 0 Å². The molecule has 0 heterocycles. The summed E-state index contributed by atoms with van der Waals surface area (Å²) in [5, 5.41) is 3.54. The predicted molar refractivity (Wildman–Crippen MR) is 88.3 cm³/mol. The van der Waals surface area contributed by atoms with Gasteiger partial charge in [0.25, 0.3) is 0 Å². The van der Waals surface area contributed by atoms with Gasteiger partial charge >= 0.3 is 0 Å². The minimum Gasteiger partial charge on any atom is -0.385 e. The van der Waals surface area contributed by atoms with Gasteiger partial charge in [-0.1, -0.05) is 69.2 Å². The zero-order valence-electron chi connectivity index (χ0n) is 12.6. The number of nitrogens with one attached hydrogen (secondary N) is 1. The highest BCUT2D eigenvalue weighted by molar-refractivity contribution is 5.45. The Bertz CT molecular complexity index is 483. The van der Waals surface area contributed by atoms with Crippen molar-refractivity contribution in [1.82, 2.24) is 0 Å². The Kier molecular flexibility index (Phi) is 5.67. The number of anilines is 1. The highest BCUT2D eigenvalue weighted by Gasteiger charge is 2.03. The van der Waals surface area contributed by atoms with E-state index in [2.05, 4.69) is 73.8 Å². The van der Waals surface area contributed by atoms with Crippen LogP contribution in [0.25, 0.3) is 0 Å². The van der Waals surface area contributed by atoms with E-state index in [0.29, 0.717) is 0 Å². The number of hydrogen-bond donors (Lipinski definition) is 1. The number of hydrogen-bond acceptors (Lipinski definition) is 1. The second-order valence-corrected chi connectivity index (χ2v) is 5.42. The van der Waals surface area contributed by atoms with Crippen LogP contribution in [0, 0.1) is 5.92 Å². The molecule has 0 radical (unpaired) electrons. The third-order valence-corrected chi connectivity index (χ3v) is 3.95. The van der Waals surface area contributed by atoms with Gasteiger partial charge in [0.05, 0.1) is 0 Å². The van der Waals surface area contributed by atoms with Crippen molar-refractivity contribution in [3.8, 4) is 0 Å². The second kappa shape index (κ2) is 7.74. The number of benzene rings is 2. The van der Waals surface area contributed by atoms with Gasteiger partial charge in [-0.05, 0) is 35.6 Å².